The molecule has 5 nitrogen and oxygen atoms in total. The Labute approximate surface area is 153 Å². The Morgan fingerprint density at radius 1 is 1.15 bits per heavy atom. The van der Waals surface area contributed by atoms with Gasteiger partial charge in [-0.25, -0.2) is 4.98 Å². The molecule has 1 amide bonds. The van der Waals surface area contributed by atoms with Gasteiger partial charge in [0.15, 0.2) is 6.61 Å². The van der Waals surface area contributed by atoms with Crippen LogP contribution in [-0.2, 0) is 11.8 Å². The Morgan fingerprint density at radius 2 is 1.85 bits per heavy atom. The fraction of sp³-hybridized carbons (Fsp3) is 0.238. The largest absolute Gasteiger partial charge is 0.484 e. The van der Waals surface area contributed by atoms with Gasteiger partial charge in [-0.05, 0) is 42.7 Å². The van der Waals surface area contributed by atoms with Gasteiger partial charge < -0.3 is 14.6 Å². The summed E-state index contributed by atoms with van der Waals surface area (Å²) in [5, 5.41) is 3.03. The Morgan fingerprint density at radius 3 is 2.46 bits per heavy atom. The highest BCUT2D eigenvalue weighted by atomic mass is 16.5. The summed E-state index contributed by atoms with van der Waals surface area (Å²) in [6.07, 6.45) is 3.59. The van der Waals surface area contributed by atoms with Gasteiger partial charge in [-0.15, -0.1) is 0 Å². The standard InChI is InChI=1S/C21H23N3O2/c1-15-11-16(2)13-18(12-15)26-14-19(25)23-20(17-7-5-4-6-8-17)21-22-9-10-24(21)3/h4-13,20H,14H2,1-3H3,(H,23,25)/t20-/m1/s1. The summed E-state index contributed by atoms with van der Waals surface area (Å²) in [6, 6.07) is 15.4. The van der Waals surface area contributed by atoms with Crippen LogP contribution in [0.15, 0.2) is 60.9 Å². The third-order valence-electron chi connectivity index (χ3n) is 4.12. The predicted octanol–water partition coefficient (Wildman–Crippen LogP) is 3.32. The second kappa shape index (κ2) is 7.87. The minimum atomic E-state index is -0.327. The van der Waals surface area contributed by atoms with E-state index in [9.17, 15) is 4.79 Å². The van der Waals surface area contributed by atoms with Gasteiger partial charge in [0.1, 0.15) is 17.6 Å². The van der Waals surface area contributed by atoms with E-state index in [0.29, 0.717) is 5.75 Å². The van der Waals surface area contributed by atoms with E-state index in [1.165, 1.54) is 0 Å². The van der Waals surface area contributed by atoms with E-state index in [4.69, 9.17) is 4.74 Å². The molecular weight excluding hydrogens is 326 g/mol. The first kappa shape index (κ1) is 17.7. The second-order valence-corrected chi connectivity index (χ2v) is 6.42. The Balaban J connectivity index is 1.72. The first-order valence-electron chi connectivity index (χ1n) is 8.55. The number of carbonyl (C=O) groups excluding carboxylic acids is 1. The van der Waals surface area contributed by atoms with Gasteiger partial charge in [0.25, 0.3) is 5.91 Å². The highest BCUT2D eigenvalue weighted by Gasteiger charge is 2.20. The summed E-state index contributed by atoms with van der Waals surface area (Å²) in [5.74, 6) is 1.28. The lowest BCUT2D eigenvalue weighted by molar-refractivity contribution is -0.123. The molecule has 0 aliphatic rings. The molecule has 0 aliphatic carbocycles. The van der Waals surface area contributed by atoms with E-state index < -0.39 is 0 Å². The fourth-order valence-electron chi connectivity index (χ4n) is 2.97. The van der Waals surface area contributed by atoms with Crippen molar-refractivity contribution in [3.63, 3.8) is 0 Å². The topological polar surface area (TPSA) is 56.1 Å². The van der Waals surface area contributed by atoms with Crippen LogP contribution in [0.4, 0.5) is 0 Å². The summed E-state index contributed by atoms with van der Waals surface area (Å²) in [4.78, 5) is 16.9. The molecule has 0 saturated heterocycles. The maximum atomic E-state index is 12.5. The number of hydrogen-bond donors (Lipinski definition) is 1. The van der Waals surface area contributed by atoms with Gasteiger partial charge in [0, 0.05) is 19.4 Å². The lowest BCUT2D eigenvalue weighted by Gasteiger charge is -2.19. The van der Waals surface area contributed by atoms with Crippen LogP contribution >= 0.6 is 0 Å². The fourth-order valence-corrected chi connectivity index (χ4v) is 2.97. The molecule has 26 heavy (non-hydrogen) atoms. The highest BCUT2D eigenvalue weighted by Crippen LogP contribution is 2.20. The molecule has 0 spiro atoms. The monoisotopic (exact) mass is 349 g/mol. The predicted molar refractivity (Wildman–Crippen MR) is 101 cm³/mol. The third kappa shape index (κ3) is 4.30. The minimum Gasteiger partial charge on any atom is -0.484 e. The molecule has 2 aromatic carbocycles. The number of hydrogen-bond acceptors (Lipinski definition) is 3. The number of rotatable bonds is 6. The summed E-state index contributed by atoms with van der Waals surface area (Å²) in [7, 11) is 1.91. The number of nitrogens with zero attached hydrogens (tertiary/aromatic N) is 2. The van der Waals surface area contributed by atoms with Crippen molar-refractivity contribution < 1.29 is 9.53 Å². The molecule has 0 bridgehead atoms. The summed E-state index contributed by atoms with van der Waals surface area (Å²) in [6.45, 7) is 3.97. The molecular formula is C21H23N3O2. The van der Waals surface area contributed by atoms with Gasteiger partial charge in [0.2, 0.25) is 0 Å². The van der Waals surface area contributed by atoms with Crippen molar-refractivity contribution in [2.45, 2.75) is 19.9 Å². The zero-order chi connectivity index (χ0) is 18.5. The zero-order valence-corrected chi connectivity index (χ0v) is 15.3. The first-order valence-corrected chi connectivity index (χ1v) is 8.55. The Kier molecular flexibility index (Phi) is 5.37. The lowest BCUT2D eigenvalue weighted by Crippen LogP contribution is -2.34. The SMILES string of the molecule is Cc1cc(C)cc(OCC(=O)N[C@H](c2ccccc2)c2nccn2C)c1. The molecule has 0 unspecified atom stereocenters. The molecule has 0 fully saturated rings. The average molecular weight is 349 g/mol. The van der Waals surface area contributed by atoms with Gasteiger partial charge in [-0.2, -0.15) is 0 Å². The van der Waals surface area contributed by atoms with E-state index in [2.05, 4.69) is 16.4 Å². The number of aromatic nitrogens is 2. The summed E-state index contributed by atoms with van der Waals surface area (Å²) >= 11 is 0. The Bertz CT molecular complexity index is 867. The van der Waals surface area contributed by atoms with Crippen LogP contribution in [0.1, 0.15) is 28.6 Å². The van der Waals surface area contributed by atoms with E-state index >= 15 is 0 Å². The van der Waals surface area contributed by atoms with Crippen molar-refractivity contribution in [2.75, 3.05) is 6.61 Å². The first-order chi connectivity index (χ1) is 12.5. The number of ether oxygens (including phenoxy) is 1. The molecule has 134 valence electrons. The molecule has 1 N–H and O–H groups in total. The van der Waals surface area contributed by atoms with Crippen LogP contribution in [0.5, 0.6) is 5.75 Å². The number of benzene rings is 2. The number of nitrogens with one attached hydrogen (secondary N) is 1. The van der Waals surface area contributed by atoms with Crippen molar-refractivity contribution in [1.29, 1.82) is 0 Å². The van der Waals surface area contributed by atoms with E-state index in [0.717, 1.165) is 22.5 Å². The van der Waals surface area contributed by atoms with Gasteiger partial charge >= 0.3 is 0 Å². The second-order valence-electron chi connectivity index (χ2n) is 6.42. The van der Waals surface area contributed by atoms with E-state index in [1.807, 2.05) is 74.1 Å². The van der Waals surface area contributed by atoms with Crippen LogP contribution in [0.25, 0.3) is 0 Å². The van der Waals surface area contributed by atoms with Crippen LogP contribution in [0, 0.1) is 13.8 Å². The van der Waals surface area contributed by atoms with Crippen LogP contribution < -0.4 is 10.1 Å². The smallest absolute Gasteiger partial charge is 0.258 e. The lowest BCUT2D eigenvalue weighted by atomic mass is 10.1. The number of amides is 1. The molecule has 0 saturated carbocycles. The summed E-state index contributed by atoms with van der Waals surface area (Å²) < 4.78 is 7.58. The third-order valence-corrected chi connectivity index (χ3v) is 4.12. The number of carbonyl (C=O) groups is 1. The van der Waals surface area contributed by atoms with Crippen LogP contribution in [0.2, 0.25) is 0 Å². The quantitative estimate of drug-likeness (QED) is 0.743. The molecule has 3 rings (SSSR count). The van der Waals surface area contributed by atoms with Crippen molar-refractivity contribution in [3.05, 3.63) is 83.4 Å². The number of imidazole rings is 1. The normalized spacial score (nSPS) is 11.8. The van der Waals surface area contributed by atoms with Crippen molar-refractivity contribution in [1.82, 2.24) is 14.9 Å². The maximum Gasteiger partial charge on any atom is 0.258 e. The summed E-state index contributed by atoms with van der Waals surface area (Å²) in [5.41, 5.74) is 3.19. The van der Waals surface area contributed by atoms with Gasteiger partial charge in [-0.1, -0.05) is 36.4 Å². The minimum absolute atomic E-state index is 0.0450. The maximum absolute atomic E-state index is 12.5. The molecule has 1 atom stereocenters. The molecule has 5 heteroatoms. The average Bonchev–Trinajstić information content (AvgIpc) is 3.03. The molecule has 3 aromatic rings. The number of aryl methyl sites for hydroxylation is 3. The highest BCUT2D eigenvalue weighted by molar-refractivity contribution is 5.78. The van der Waals surface area contributed by atoms with Crippen LogP contribution in [-0.4, -0.2) is 22.1 Å². The van der Waals surface area contributed by atoms with Crippen LogP contribution in [0.3, 0.4) is 0 Å². The molecule has 1 aromatic heterocycles. The Hall–Kier alpha value is -3.08. The van der Waals surface area contributed by atoms with Gasteiger partial charge in [-0.3, -0.25) is 4.79 Å². The molecule has 0 aliphatic heterocycles. The van der Waals surface area contributed by atoms with Crippen molar-refractivity contribution in [2.24, 2.45) is 7.05 Å². The van der Waals surface area contributed by atoms with Gasteiger partial charge in [0.05, 0.1) is 0 Å². The van der Waals surface area contributed by atoms with E-state index in [-0.39, 0.29) is 18.6 Å². The van der Waals surface area contributed by atoms with E-state index in [1.54, 1.807) is 6.20 Å². The van der Waals surface area contributed by atoms with Crippen molar-refractivity contribution >= 4 is 5.91 Å². The molecule has 0 radical (unpaired) electrons. The molecule has 1 heterocycles. The zero-order valence-electron chi connectivity index (χ0n) is 15.3. The van der Waals surface area contributed by atoms with Crippen molar-refractivity contribution in [3.8, 4) is 5.75 Å².